The van der Waals surface area contributed by atoms with E-state index in [1.807, 2.05) is 30.3 Å². The summed E-state index contributed by atoms with van der Waals surface area (Å²) in [5.41, 5.74) is 1.07. The molecule has 0 amide bonds. The van der Waals surface area contributed by atoms with Gasteiger partial charge in [-0.25, -0.2) is 0 Å². The van der Waals surface area contributed by atoms with E-state index in [0.29, 0.717) is 6.42 Å². The van der Waals surface area contributed by atoms with Crippen LogP contribution in [-0.2, 0) is 15.9 Å². The van der Waals surface area contributed by atoms with Crippen LogP contribution < -0.4 is 0 Å². The zero-order valence-corrected chi connectivity index (χ0v) is 10.2. The zero-order valence-electron chi connectivity index (χ0n) is 10.2. The van der Waals surface area contributed by atoms with Gasteiger partial charge in [-0.3, -0.25) is 0 Å². The Bertz CT molecular complexity index is 298. The van der Waals surface area contributed by atoms with Crippen LogP contribution in [-0.4, -0.2) is 43.4 Å². The van der Waals surface area contributed by atoms with Crippen molar-refractivity contribution < 1.29 is 19.7 Å². The molecule has 4 heteroatoms. The van der Waals surface area contributed by atoms with Gasteiger partial charge in [0.15, 0.2) is 6.29 Å². The van der Waals surface area contributed by atoms with Gasteiger partial charge in [0.1, 0.15) is 6.10 Å². The third-order valence-corrected chi connectivity index (χ3v) is 2.80. The second kappa shape index (κ2) is 7.40. The first-order valence-electron chi connectivity index (χ1n) is 5.61. The van der Waals surface area contributed by atoms with Crippen LogP contribution in [0.4, 0.5) is 0 Å². The third kappa shape index (κ3) is 4.09. The average molecular weight is 240 g/mol. The van der Waals surface area contributed by atoms with Crippen LogP contribution in [0, 0.1) is 5.92 Å². The Kier molecular flexibility index (Phi) is 6.15. The van der Waals surface area contributed by atoms with E-state index in [2.05, 4.69) is 0 Å². The number of hydrogen-bond donors (Lipinski definition) is 2. The number of benzene rings is 1. The lowest BCUT2D eigenvalue weighted by atomic mass is 9.94. The van der Waals surface area contributed by atoms with Gasteiger partial charge in [0.05, 0.1) is 0 Å². The summed E-state index contributed by atoms with van der Waals surface area (Å²) in [6.07, 6.45) is -0.979. The van der Waals surface area contributed by atoms with E-state index in [1.54, 1.807) is 0 Å². The fourth-order valence-electron chi connectivity index (χ4n) is 1.81. The molecule has 0 fully saturated rings. The number of aliphatic hydroxyl groups excluding tert-OH is 2. The first kappa shape index (κ1) is 14.1. The van der Waals surface area contributed by atoms with Crippen LogP contribution in [0.5, 0.6) is 0 Å². The molecular formula is C13H20O4. The van der Waals surface area contributed by atoms with Crippen molar-refractivity contribution in [2.24, 2.45) is 5.92 Å². The molecule has 1 rings (SSSR count). The van der Waals surface area contributed by atoms with Crippen LogP contribution in [0.3, 0.4) is 0 Å². The summed E-state index contributed by atoms with van der Waals surface area (Å²) in [5, 5.41) is 19.3. The van der Waals surface area contributed by atoms with Crippen LogP contribution in [0.15, 0.2) is 30.3 Å². The standard InChI is InChI=1S/C13H20O4/c1-16-13(17-2)12(15)11(9-14)8-10-6-4-3-5-7-10/h3-7,11-15H,8-9H2,1-2H3/t11-,12-/m1/s1. The molecule has 0 saturated carbocycles. The van der Waals surface area contributed by atoms with Gasteiger partial charge >= 0.3 is 0 Å². The Labute approximate surface area is 102 Å². The second-order valence-electron chi connectivity index (χ2n) is 3.96. The first-order chi connectivity index (χ1) is 8.22. The molecule has 1 aromatic rings. The number of ether oxygens (including phenoxy) is 2. The summed E-state index contributed by atoms with van der Waals surface area (Å²) in [4.78, 5) is 0. The molecule has 0 aliphatic heterocycles. The van der Waals surface area contributed by atoms with Gasteiger partial charge in [-0.2, -0.15) is 0 Å². The van der Waals surface area contributed by atoms with E-state index in [9.17, 15) is 10.2 Å². The summed E-state index contributed by atoms with van der Waals surface area (Å²) in [6, 6.07) is 9.72. The van der Waals surface area contributed by atoms with E-state index in [-0.39, 0.29) is 12.5 Å². The Hall–Kier alpha value is -0.940. The normalized spacial score (nSPS) is 14.9. The molecule has 0 spiro atoms. The molecule has 0 saturated heterocycles. The van der Waals surface area contributed by atoms with Crippen molar-refractivity contribution in [3.05, 3.63) is 35.9 Å². The summed E-state index contributed by atoms with van der Waals surface area (Å²) >= 11 is 0. The fourth-order valence-corrected chi connectivity index (χ4v) is 1.81. The molecule has 17 heavy (non-hydrogen) atoms. The molecule has 0 aliphatic carbocycles. The highest BCUT2D eigenvalue weighted by Crippen LogP contribution is 2.16. The van der Waals surface area contributed by atoms with Gasteiger partial charge in [-0.05, 0) is 12.0 Å². The van der Waals surface area contributed by atoms with Crippen molar-refractivity contribution in [1.29, 1.82) is 0 Å². The van der Waals surface area contributed by atoms with Gasteiger partial charge in [-0.15, -0.1) is 0 Å². The highest BCUT2D eigenvalue weighted by Gasteiger charge is 2.27. The summed E-state index contributed by atoms with van der Waals surface area (Å²) in [7, 11) is 2.93. The van der Waals surface area contributed by atoms with Crippen LogP contribution >= 0.6 is 0 Å². The molecule has 4 nitrogen and oxygen atoms in total. The summed E-state index contributed by atoms with van der Waals surface area (Å²) < 4.78 is 10.00. The molecule has 0 radical (unpaired) electrons. The Morgan fingerprint density at radius 1 is 1.12 bits per heavy atom. The maximum Gasteiger partial charge on any atom is 0.183 e. The Balaban J connectivity index is 2.65. The molecule has 0 bridgehead atoms. The third-order valence-electron chi connectivity index (χ3n) is 2.80. The molecule has 1 aromatic carbocycles. The largest absolute Gasteiger partial charge is 0.396 e. The van der Waals surface area contributed by atoms with E-state index in [4.69, 9.17) is 9.47 Å². The predicted octanol–water partition coefficient (Wildman–Crippen LogP) is 0.817. The minimum Gasteiger partial charge on any atom is -0.396 e. The van der Waals surface area contributed by atoms with Crippen molar-refractivity contribution in [2.75, 3.05) is 20.8 Å². The van der Waals surface area contributed by atoms with Crippen LogP contribution in [0.25, 0.3) is 0 Å². The van der Waals surface area contributed by atoms with E-state index in [0.717, 1.165) is 5.56 Å². The van der Waals surface area contributed by atoms with Crippen LogP contribution in [0.2, 0.25) is 0 Å². The highest BCUT2D eigenvalue weighted by atomic mass is 16.7. The van der Waals surface area contributed by atoms with Gasteiger partial charge in [0.2, 0.25) is 0 Å². The molecule has 0 aromatic heterocycles. The van der Waals surface area contributed by atoms with E-state index in [1.165, 1.54) is 14.2 Å². The lowest BCUT2D eigenvalue weighted by Crippen LogP contribution is -2.39. The molecule has 2 N–H and O–H groups in total. The van der Waals surface area contributed by atoms with Crippen molar-refractivity contribution >= 4 is 0 Å². The molecule has 0 aliphatic rings. The van der Waals surface area contributed by atoms with Gasteiger partial charge in [-0.1, -0.05) is 30.3 Å². The maximum absolute atomic E-state index is 10.0. The first-order valence-corrected chi connectivity index (χ1v) is 5.61. The molecule has 0 heterocycles. The quantitative estimate of drug-likeness (QED) is 0.693. The average Bonchev–Trinajstić information content (AvgIpc) is 2.38. The van der Waals surface area contributed by atoms with Gasteiger partial charge in [0.25, 0.3) is 0 Å². The fraction of sp³-hybridized carbons (Fsp3) is 0.538. The van der Waals surface area contributed by atoms with E-state index >= 15 is 0 Å². The van der Waals surface area contributed by atoms with Crippen molar-refractivity contribution in [1.82, 2.24) is 0 Å². The minimum absolute atomic E-state index is 0.112. The smallest absolute Gasteiger partial charge is 0.183 e. The number of methoxy groups -OCH3 is 2. The second-order valence-corrected chi connectivity index (χ2v) is 3.96. The van der Waals surface area contributed by atoms with Crippen molar-refractivity contribution in [2.45, 2.75) is 18.8 Å². The molecule has 2 atom stereocenters. The Morgan fingerprint density at radius 3 is 2.18 bits per heavy atom. The zero-order chi connectivity index (χ0) is 12.7. The summed E-state index contributed by atoms with van der Waals surface area (Å²) in [5.74, 6) is -0.303. The number of hydrogen-bond acceptors (Lipinski definition) is 4. The predicted molar refractivity (Wildman–Crippen MR) is 64.5 cm³/mol. The topological polar surface area (TPSA) is 58.9 Å². The molecule has 96 valence electrons. The maximum atomic E-state index is 10.0. The SMILES string of the molecule is COC(OC)[C@H](O)[C@@H](CO)Cc1ccccc1. The monoisotopic (exact) mass is 240 g/mol. The van der Waals surface area contributed by atoms with Gasteiger partial charge < -0.3 is 19.7 Å². The van der Waals surface area contributed by atoms with Crippen LogP contribution in [0.1, 0.15) is 5.56 Å². The highest BCUT2D eigenvalue weighted by molar-refractivity contribution is 5.15. The summed E-state index contributed by atoms with van der Waals surface area (Å²) in [6.45, 7) is -0.112. The number of rotatable bonds is 7. The van der Waals surface area contributed by atoms with Gasteiger partial charge in [0, 0.05) is 26.7 Å². The van der Waals surface area contributed by atoms with Crippen molar-refractivity contribution in [3.8, 4) is 0 Å². The minimum atomic E-state index is -0.852. The molecule has 0 unspecified atom stereocenters. The van der Waals surface area contributed by atoms with E-state index < -0.39 is 12.4 Å². The van der Waals surface area contributed by atoms with Crippen molar-refractivity contribution in [3.63, 3.8) is 0 Å². The Morgan fingerprint density at radius 2 is 1.71 bits per heavy atom. The lowest BCUT2D eigenvalue weighted by Gasteiger charge is -2.26. The lowest BCUT2D eigenvalue weighted by molar-refractivity contribution is -0.182. The number of aliphatic hydroxyl groups is 2. The molecular weight excluding hydrogens is 220 g/mol.